The van der Waals surface area contributed by atoms with Gasteiger partial charge in [-0.3, -0.25) is 4.98 Å². The van der Waals surface area contributed by atoms with Crippen LogP contribution >= 0.6 is 11.6 Å². The number of nitrogens with zero attached hydrogens (tertiary/aromatic N) is 1. The Hall–Kier alpha value is -1.59. The summed E-state index contributed by atoms with van der Waals surface area (Å²) in [6.45, 7) is 0. The van der Waals surface area contributed by atoms with E-state index >= 15 is 0 Å². The molecule has 0 saturated heterocycles. The van der Waals surface area contributed by atoms with Gasteiger partial charge in [0.15, 0.2) is 9.84 Å². The quantitative estimate of drug-likeness (QED) is 0.874. The molecule has 0 atom stereocenters. The minimum absolute atomic E-state index is 0.0937. The third kappa shape index (κ3) is 2.88. The molecule has 0 aliphatic heterocycles. The van der Waals surface area contributed by atoms with E-state index < -0.39 is 9.84 Å². The molecule has 0 radical (unpaired) electrons. The lowest BCUT2D eigenvalue weighted by molar-refractivity contribution is 0.416. The van der Waals surface area contributed by atoms with Gasteiger partial charge in [-0.1, -0.05) is 23.7 Å². The summed E-state index contributed by atoms with van der Waals surface area (Å²) in [5, 5.41) is 0.271. The van der Waals surface area contributed by atoms with Crippen molar-refractivity contribution < 1.29 is 13.2 Å². The monoisotopic (exact) mass is 297 g/mol. The second kappa shape index (κ2) is 5.19. The maximum Gasteiger partial charge on any atom is 0.177 e. The lowest BCUT2D eigenvalue weighted by atomic mass is 10.1. The van der Waals surface area contributed by atoms with E-state index in [4.69, 9.17) is 16.3 Å². The van der Waals surface area contributed by atoms with E-state index in [1.54, 1.807) is 13.2 Å². The first-order chi connectivity index (χ1) is 8.93. The van der Waals surface area contributed by atoms with E-state index in [2.05, 4.69) is 4.98 Å². The third-order valence-corrected chi connectivity index (χ3v) is 3.97. The predicted octanol–water partition coefficient (Wildman–Crippen LogP) is 2.81. The highest BCUT2D eigenvalue weighted by atomic mass is 35.5. The number of hydrogen-bond acceptors (Lipinski definition) is 4. The molecule has 0 amide bonds. The minimum atomic E-state index is -3.32. The maximum atomic E-state index is 11.4. The van der Waals surface area contributed by atoms with E-state index in [1.807, 2.05) is 18.2 Å². The van der Waals surface area contributed by atoms with Crippen molar-refractivity contribution in [1.82, 2.24) is 4.98 Å². The van der Waals surface area contributed by atoms with Gasteiger partial charge in [-0.2, -0.15) is 0 Å². The number of hydrogen-bond donors (Lipinski definition) is 0. The molecule has 2 rings (SSSR count). The summed E-state index contributed by atoms with van der Waals surface area (Å²) in [6.07, 6.45) is 2.41. The molecule has 100 valence electrons. The van der Waals surface area contributed by atoms with Gasteiger partial charge < -0.3 is 4.74 Å². The summed E-state index contributed by atoms with van der Waals surface area (Å²) in [7, 11) is -1.76. The number of para-hydroxylation sites is 1. The van der Waals surface area contributed by atoms with Crippen LogP contribution in [0.15, 0.2) is 41.4 Å². The van der Waals surface area contributed by atoms with Crippen LogP contribution in [-0.4, -0.2) is 26.8 Å². The normalized spacial score (nSPS) is 11.3. The zero-order valence-corrected chi connectivity index (χ0v) is 12.0. The Labute approximate surface area is 116 Å². The van der Waals surface area contributed by atoms with E-state index in [9.17, 15) is 8.42 Å². The summed E-state index contributed by atoms with van der Waals surface area (Å²) in [5.74, 6) is 0.629. The molecule has 0 saturated carbocycles. The van der Waals surface area contributed by atoms with Gasteiger partial charge in [0.2, 0.25) is 0 Å². The maximum absolute atomic E-state index is 11.4. The lowest BCUT2D eigenvalue weighted by Gasteiger charge is -2.09. The van der Waals surface area contributed by atoms with Gasteiger partial charge in [-0.15, -0.1) is 0 Å². The first-order valence-electron chi connectivity index (χ1n) is 5.42. The average molecular weight is 298 g/mol. The number of methoxy groups -OCH3 is 1. The van der Waals surface area contributed by atoms with Crippen LogP contribution in [0.25, 0.3) is 11.3 Å². The molecule has 1 aromatic carbocycles. The molecule has 1 aromatic heterocycles. The van der Waals surface area contributed by atoms with Crippen molar-refractivity contribution in [1.29, 1.82) is 0 Å². The SMILES string of the molecule is COc1ccccc1-c1ncc(S(C)(=O)=O)cc1Cl. The number of sulfone groups is 1. The highest BCUT2D eigenvalue weighted by molar-refractivity contribution is 7.90. The van der Waals surface area contributed by atoms with Crippen LogP contribution in [0.5, 0.6) is 5.75 Å². The molecule has 0 spiro atoms. The Morgan fingerprint density at radius 2 is 1.95 bits per heavy atom. The first-order valence-corrected chi connectivity index (χ1v) is 7.69. The van der Waals surface area contributed by atoms with Crippen LogP contribution < -0.4 is 4.74 Å². The van der Waals surface area contributed by atoms with Crippen LogP contribution in [0.4, 0.5) is 0 Å². The Bertz CT molecular complexity index is 714. The Balaban J connectivity index is 2.59. The smallest absolute Gasteiger partial charge is 0.177 e. The number of aromatic nitrogens is 1. The van der Waals surface area contributed by atoms with Gasteiger partial charge in [0.25, 0.3) is 0 Å². The van der Waals surface area contributed by atoms with Crippen molar-refractivity contribution in [3.63, 3.8) is 0 Å². The highest BCUT2D eigenvalue weighted by Gasteiger charge is 2.14. The number of pyridine rings is 1. The highest BCUT2D eigenvalue weighted by Crippen LogP contribution is 2.33. The molecule has 0 aliphatic rings. The molecule has 0 N–H and O–H groups in total. The van der Waals surface area contributed by atoms with Crippen LogP contribution in [0.2, 0.25) is 5.02 Å². The summed E-state index contributed by atoms with van der Waals surface area (Å²) in [4.78, 5) is 4.23. The second-order valence-electron chi connectivity index (χ2n) is 3.97. The number of rotatable bonds is 3. The fourth-order valence-corrected chi connectivity index (χ4v) is 2.57. The van der Waals surface area contributed by atoms with Gasteiger partial charge in [-0.25, -0.2) is 8.42 Å². The third-order valence-electron chi connectivity index (χ3n) is 2.61. The topological polar surface area (TPSA) is 56.3 Å². The largest absolute Gasteiger partial charge is 0.496 e. The standard InChI is InChI=1S/C13H12ClNO3S/c1-18-12-6-4-3-5-10(12)13-11(14)7-9(8-15-13)19(2,16)17/h3-8H,1-2H3. The number of benzene rings is 1. The van der Waals surface area contributed by atoms with Gasteiger partial charge in [-0.05, 0) is 18.2 Å². The molecule has 0 unspecified atom stereocenters. The predicted molar refractivity (Wildman–Crippen MR) is 74.3 cm³/mol. The molecule has 6 heteroatoms. The van der Waals surface area contributed by atoms with Gasteiger partial charge in [0.1, 0.15) is 5.75 Å². The van der Waals surface area contributed by atoms with Crippen molar-refractivity contribution in [3.8, 4) is 17.0 Å². The van der Waals surface area contributed by atoms with Crippen LogP contribution in [0.3, 0.4) is 0 Å². The fourth-order valence-electron chi connectivity index (χ4n) is 1.66. The molecule has 0 aliphatic carbocycles. The zero-order chi connectivity index (χ0) is 14.0. The molecule has 0 bridgehead atoms. The summed E-state index contributed by atoms with van der Waals surface area (Å²) in [6, 6.07) is 8.66. The molecular formula is C13H12ClNO3S. The van der Waals surface area contributed by atoms with Gasteiger partial charge in [0.05, 0.1) is 22.7 Å². The molecule has 19 heavy (non-hydrogen) atoms. The average Bonchev–Trinajstić information content (AvgIpc) is 2.37. The first kappa shape index (κ1) is 13.8. The second-order valence-corrected chi connectivity index (χ2v) is 6.40. The molecule has 4 nitrogen and oxygen atoms in total. The molecule has 0 fully saturated rings. The van der Waals surface area contributed by atoms with Crippen molar-refractivity contribution in [2.75, 3.05) is 13.4 Å². The van der Waals surface area contributed by atoms with Crippen molar-refractivity contribution in [2.45, 2.75) is 4.90 Å². The number of ether oxygens (including phenoxy) is 1. The number of halogens is 1. The fraction of sp³-hybridized carbons (Fsp3) is 0.154. The Morgan fingerprint density at radius 3 is 2.53 bits per heavy atom. The Morgan fingerprint density at radius 1 is 1.26 bits per heavy atom. The minimum Gasteiger partial charge on any atom is -0.496 e. The van der Waals surface area contributed by atoms with Crippen LogP contribution in [0.1, 0.15) is 0 Å². The van der Waals surface area contributed by atoms with Gasteiger partial charge in [0, 0.05) is 18.0 Å². The van der Waals surface area contributed by atoms with E-state index in [-0.39, 0.29) is 9.92 Å². The van der Waals surface area contributed by atoms with Crippen LogP contribution in [-0.2, 0) is 9.84 Å². The molecule has 1 heterocycles. The zero-order valence-electron chi connectivity index (χ0n) is 10.4. The Kier molecular flexibility index (Phi) is 3.78. The van der Waals surface area contributed by atoms with Crippen molar-refractivity contribution >= 4 is 21.4 Å². The molecular weight excluding hydrogens is 286 g/mol. The van der Waals surface area contributed by atoms with Crippen molar-refractivity contribution in [2.24, 2.45) is 0 Å². The summed E-state index contributed by atoms with van der Waals surface area (Å²) in [5.41, 5.74) is 1.21. The van der Waals surface area contributed by atoms with Crippen molar-refractivity contribution in [3.05, 3.63) is 41.6 Å². The molecule has 2 aromatic rings. The van der Waals surface area contributed by atoms with Crippen LogP contribution in [0, 0.1) is 0 Å². The summed E-state index contributed by atoms with van der Waals surface area (Å²) < 4.78 is 28.1. The van der Waals surface area contributed by atoms with E-state index in [0.717, 1.165) is 11.8 Å². The van der Waals surface area contributed by atoms with Gasteiger partial charge >= 0.3 is 0 Å². The van der Waals surface area contributed by atoms with E-state index in [1.165, 1.54) is 12.3 Å². The summed E-state index contributed by atoms with van der Waals surface area (Å²) >= 11 is 6.12. The lowest BCUT2D eigenvalue weighted by Crippen LogP contribution is -1.99. The van der Waals surface area contributed by atoms with E-state index in [0.29, 0.717) is 11.4 Å².